The van der Waals surface area contributed by atoms with E-state index in [1.165, 1.54) is 12.8 Å². The average Bonchev–Trinajstić information content (AvgIpc) is 3.14. The molecule has 0 saturated heterocycles. The number of guanidine groups is 1. The molecule has 2 aromatic rings. The second-order valence-electron chi connectivity index (χ2n) is 5.99. The van der Waals surface area contributed by atoms with Gasteiger partial charge in [-0.3, -0.25) is 0 Å². The largest absolute Gasteiger partial charge is 0.361 e. The molecule has 0 spiro atoms. The summed E-state index contributed by atoms with van der Waals surface area (Å²) in [5, 5.41) is 19.2. The van der Waals surface area contributed by atoms with E-state index in [4.69, 9.17) is 4.52 Å². The molecule has 3 heterocycles. The van der Waals surface area contributed by atoms with Gasteiger partial charge in [0.05, 0.1) is 18.8 Å². The SMILES string of the molecule is CCNC(=NCc1c(C)noc1C)NCc1nnc2n1CCCC2. The van der Waals surface area contributed by atoms with Crippen LogP contribution < -0.4 is 10.6 Å². The lowest BCUT2D eigenvalue weighted by Crippen LogP contribution is -2.37. The number of hydrogen-bond donors (Lipinski definition) is 2. The minimum Gasteiger partial charge on any atom is -0.361 e. The highest BCUT2D eigenvalue weighted by atomic mass is 16.5. The molecule has 0 amide bonds. The van der Waals surface area contributed by atoms with Crippen LogP contribution in [0.3, 0.4) is 0 Å². The Hall–Kier alpha value is -2.38. The molecule has 8 nitrogen and oxygen atoms in total. The number of aromatic nitrogens is 4. The second-order valence-corrected chi connectivity index (χ2v) is 5.99. The zero-order valence-corrected chi connectivity index (χ0v) is 14.6. The van der Waals surface area contributed by atoms with E-state index in [1.54, 1.807) is 0 Å². The molecule has 0 atom stereocenters. The predicted molar refractivity (Wildman–Crippen MR) is 90.6 cm³/mol. The van der Waals surface area contributed by atoms with Crippen molar-refractivity contribution in [3.8, 4) is 0 Å². The van der Waals surface area contributed by atoms with Crippen LogP contribution in [-0.4, -0.2) is 32.4 Å². The standard InChI is InChI=1S/C16H25N7O/c1-4-17-16(18-9-13-11(2)22-24-12(13)3)19-10-15-21-20-14-7-5-6-8-23(14)15/h4-10H2,1-3H3,(H2,17,18,19). The Morgan fingerprint density at radius 1 is 1.25 bits per heavy atom. The monoisotopic (exact) mass is 331 g/mol. The van der Waals surface area contributed by atoms with Gasteiger partial charge in [0.1, 0.15) is 11.6 Å². The van der Waals surface area contributed by atoms with E-state index < -0.39 is 0 Å². The Labute approximate surface area is 141 Å². The van der Waals surface area contributed by atoms with Crippen molar-refractivity contribution in [2.75, 3.05) is 6.54 Å². The highest BCUT2D eigenvalue weighted by Gasteiger charge is 2.15. The molecular formula is C16H25N7O. The van der Waals surface area contributed by atoms with Crippen molar-refractivity contribution in [1.82, 2.24) is 30.6 Å². The van der Waals surface area contributed by atoms with Gasteiger partial charge >= 0.3 is 0 Å². The van der Waals surface area contributed by atoms with Gasteiger partial charge < -0.3 is 19.7 Å². The fourth-order valence-electron chi connectivity index (χ4n) is 2.89. The van der Waals surface area contributed by atoms with Gasteiger partial charge in [-0.2, -0.15) is 0 Å². The van der Waals surface area contributed by atoms with Crippen LogP contribution in [0, 0.1) is 13.8 Å². The van der Waals surface area contributed by atoms with Gasteiger partial charge in [-0.15, -0.1) is 10.2 Å². The third kappa shape index (κ3) is 3.58. The van der Waals surface area contributed by atoms with E-state index in [0.29, 0.717) is 13.1 Å². The number of nitrogens with one attached hydrogen (secondary N) is 2. The van der Waals surface area contributed by atoms with E-state index in [9.17, 15) is 0 Å². The molecule has 8 heteroatoms. The first-order valence-electron chi connectivity index (χ1n) is 8.54. The highest BCUT2D eigenvalue weighted by molar-refractivity contribution is 5.79. The van der Waals surface area contributed by atoms with Crippen LogP contribution in [0.2, 0.25) is 0 Å². The van der Waals surface area contributed by atoms with Crippen LogP contribution in [0.4, 0.5) is 0 Å². The Morgan fingerprint density at radius 2 is 2.12 bits per heavy atom. The molecule has 0 radical (unpaired) electrons. The molecular weight excluding hydrogens is 306 g/mol. The zero-order chi connectivity index (χ0) is 16.9. The maximum Gasteiger partial charge on any atom is 0.191 e. The Kier molecular flexibility index (Phi) is 5.12. The summed E-state index contributed by atoms with van der Waals surface area (Å²) in [4.78, 5) is 4.63. The summed E-state index contributed by atoms with van der Waals surface area (Å²) in [5.41, 5.74) is 1.92. The molecule has 2 aromatic heterocycles. The van der Waals surface area contributed by atoms with Crippen LogP contribution >= 0.6 is 0 Å². The maximum atomic E-state index is 5.19. The van der Waals surface area contributed by atoms with E-state index in [-0.39, 0.29) is 0 Å². The molecule has 1 aliphatic rings. The second kappa shape index (κ2) is 7.46. The van der Waals surface area contributed by atoms with Crippen LogP contribution in [-0.2, 0) is 26.1 Å². The Balaban J connectivity index is 1.66. The molecule has 0 aliphatic carbocycles. The molecule has 1 aliphatic heterocycles. The van der Waals surface area contributed by atoms with Gasteiger partial charge in [0.15, 0.2) is 11.8 Å². The van der Waals surface area contributed by atoms with E-state index >= 15 is 0 Å². The minimum absolute atomic E-state index is 0.536. The van der Waals surface area contributed by atoms with Crippen molar-refractivity contribution in [2.45, 2.75) is 59.7 Å². The van der Waals surface area contributed by atoms with Gasteiger partial charge in [-0.05, 0) is 33.6 Å². The normalized spacial score (nSPS) is 14.5. The first kappa shape index (κ1) is 16.5. The number of aliphatic imine (C=N–C) groups is 1. The van der Waals surface area contributed by atoms with Gasteiger partial charge in [0, 0.05) is 25.1 Å². The van der Waals surface area contributed by atoms with Crippen LogP contribution in [0.1, 0.15) is 48.4 Å². The fraction of sp³-hybridized carbons (Fsp3) is 0.625. The number of aryl methyl sites for hydroxylation is 3. The van der Waals surface area contributed by atoms with Crippen molar-refractivity contribution in [1.29, 1.82) is 0 Å². The molecule has 0 bridgehead atoms. The smallest absolute Gasteiger partial charge is 0.191 e. The lowest BCUT2D eigenvalue weighted by atomic mass is 10.2. The summed E-state index contributed by atoms with van der Waals surface area (Å²) in [7, 11) is 0. The topological polar surface area (TPSA) is 93.2 Å². The van der Waals surface area contributed by atoms with Crippen molar-refractivity contribution in [3.63, 3.8) is 0 Å². The number of fused-ring (bicyclic) bond motifs is 1. The molecule has 130 valence electrons. The quantitative estimate of drug-likeness (QED) is 0.637. The predicted octanol–water partition coefficient (Wildman–Crippen LogP) is 1.47. The summed E-state index contributed by atoms with van der Waals surface area (Å²) in [5.74, 6) is 3.63. The summed E-state index contributed by atoms with van der Waals surface area (Å²) in [6.07, 6.45) is 3.42. The summed E-state index contributed by atoms with van der Waals surface area (Å²) < 4.78 is 7.40. The van der Waals surface area contributed by atoms with Crippen LogP contribution in [0.25, 0.3) is 0 Å². The van der Waals surface area contributed by atoms with Crippen molar-refractivity contribution in [2.24, 2.45) is 4.99 Å². The molecule has 3 rings (SSSR count). The van der Waals surface area contributed by atoms with Gasteiger partial charge in [-0.1, -0.05) is 5.16 Å². The van der Waals surface area contributed by atoms with Gasteiger partial charge in [0.25, 0.3) is 0 Å². The lowest BCUT2D eigenvalue weighted by Gasteiger charge is -2.16. The summed E-state index contributed by atoms with van der Waals surface area (Å²) >= 11 is 0. The fourth-order valence-corrected chi connectivity index (χ4v) is 2.89. The van der Waals surface area contributed by atoms with Crippen molar-refractivity contribution >= 4 is 5.96 Å². The van der Waals surface area contributed by atoms with Crippen molar-refractivity contribution < 1.29 is 4.52 Å². The third-order valence-corrected chi connectivity index (χ3v) is 4.27. The summed E-state index contributed by atoms with van der Waals surface area (Å²) in [6.45, 7) is 8.84. The average molecular weight is 331 g/mol. The maximum absolute atomic E-state index is 5.19. The van der Waals surface area contributed by atoms with Gasteiger partial charge in [0.2, 0.25) is 0 Å². The first-order chi connectivity index (χ1) is 11.7. The third-order valence-electron chi connectivity index (χ3n) is 4.27. The van der Waals surface area contributed by atoms with Crippen LogP contribution in [0.5, 0.6) is 0 Å². The molecule has 0 unspecified atom stereocenters. The van der Waals surface area contributed by atoms with Gasteiger partial charge in [-0.25, -0.2) is 4.99 Å². The lowest BCUT2D eigenvalue weighted by molar-refractivity contribution is 0.392. The first-order valence-corrected chi connectivity index (χ1v) is 8.54. The zero-order valence-electron chi connectivity index (χ0n) is 14.6. The number of rotatable bonds is 5. The number of nitrogens with zero attached hydrogens (tertiary/aromatic N) is 5. The van der Waals surface area contributed by atoms with Crippen LogP contribution in [0.15, 0.2) is 9.52 Å². The Morgan fingerprint density at radius 3 is 2.88 bits per heavy atom. The molecule has 0 fully saturated rings. The molecule has 24 heavy (non-hydrogen) atoms. The minimum atomic E-state index is 0.536. The molecule has 2 N–H and O–H groups in total. The van der Waals surface area contributed by atoms with E-state index in [2.05, 4.69) is 35.5 Å². The van der Waals surface area contributed by atoms with E-state index in [1.807, 2.05) is 20.8 Å². The van der Waals surface area contributed by atoms with Crippen molar-refractivity contribution in [3.05, 3.63) is 28.7 Å². The number of hydrogen-bond acceptors (Lipinski definition) is 5. The summed E-state index contributed by atoms with van der Waals surface area (Å²) in [6, 6.07) is 0. The Bertz CT molecular complexity index is 697. The highest BCUT2D eigenvalue weighted by Crippen LogP contribution is 2.14. The van der Waals surface area contributed by atoms with E-state index in [0.717, 1.165) is 54.1 Å². The molecule has 0 saturated carbocycles. The molecule has 0 aromatic carbocycles.